The van der Waals surface area contributed by atoms with E-state index in [1.165, 1.54) is 74.9 Å². The fourth-order valence-corrected chi connectivity index (χ4v) is 8.90. The second-order valence-corrected chi connectivity index (χ2v) is 19.7. The van der Waals surface area contributed by atoms with E-state index in [2.05, 4.69) is 35.6 Å². The number of aromatic hydroxyl groups is 2. The topological polar surface area (TPSA) is 209 Å². The summed E-state index contributed by atoms with van der Waals surface area (Å²) in [7, 11) is 0. The van der Waals surface area contributed by atoms with Crippen LogP contribution in [-0.4, -0.2) is 82.0 Å². The Morgan fingerprint density at radius 2 is 0.779 bits per heavy atom. The van der Waals surface area contributed by atoms with Crippen molar-refractivity contribution in [3.8, 4) is 11.5 Å². The van der Waals surface area contributed by atoms with Crippen molar-refractivity contribution in [1.29, 1.82) is 0 Å². The van der Waals surface area contributed by atoms with Crippen molar-refractivity contribution in [2.24, 2.45) is 0 Å². The number of ether oxygens (including phenoxy) is 2. The largest absolute Gasteiger partial charge is 0.507 e. The Morgan fingerprint density at radius 3 is 1.15 bits per heavy atom. The van der Waals surface area contributed by atoms with Crippen molar-refractivity contribution < 1.29 is 48.5 Å². The second-order valence-electron chi connectivity index (χ2n) is 17.2. The molecule has 0 aliphatic rings. The number of thioether (sulfide) groups is 2. The van der Waals surface area contributed by atoms with E-state index in [1.54, 1.807) is 24.3 Å². The molecule has 0 heterocycles. The highest BCUT2D eigenvalue weighted by atomic mass is 32.2. The van der Waals surface area contributed by atoms with Gasteiger partial charge >= 0.3 is 11.9 Å². The third kappa shape index (κ3) is 30.1. The highest BCUT2D eigenvalue weighted by Gasteiger charge is 2.15. The second kappa shape index (κ2) is 39.4. The summed E-state index contributed by atoms with van der Waals surface area (Å²) < 4.78 is 10.7. The van der Waals surface area contributed by atoms with Crippen LogP contribution in [0.1, 0.15) is 200 Å². The smallest absolute Gasteiger partial charge is 0.306 e. The number of hydrogen-bond acceptors (Lipinski definition) is 12. The van der Waals surface area contributed by atoms with Crippen LogP contribution in [0.3, 0.4) is 0 Å². The van der Waals surface area contributed by atoms with E-state index in [0.29, 0.717) is 36.2 Å². The first-order chi connectivity index (χ1) is 33.0. The normalized spacial score (nSPS) is 10.9. The molecule has 0 aliphatic carbocycles. The minimum absolute atomic E-state index is 0.101. The van der Waals surface area contributed by atoms with Crippen LogP contribution in [0.5, 0.6) is 11.5 Å². The fraction of sp³-hybridized carbons (Fsp3) is 0.654. The van der Waals surface area contributed by atoms with E-state index in [9.17, 15) is 39.0 Å². The minimum atomic E-state index is -0.584. The number of carbonyl (C=O) groups is 6. The standard InChI is InChI=1S/C52H82N4O10S2/c1-3-5-7-9-15-19-23-41-25-27-43(45(57)39-41)51(63)55-53-47(59)29-35-67-37-31-49(61)65-33-21-17-13-11-12-14-18-22-34-66-50(62)32-38-68-36-30-48(60)54-56-52(64)44-28-26-42(40-46(44)58)24-20-16-10-8-6-4-2/h25-28,39-40,57-58H,3-24,29-38H2,1-2H3,(H,53,59)(H,54,60)(H,55,63)(H,56,64). The minimum Gasteiger partial charge on any atom is -0.507 e. The number of hydrazine groups is 2. The maximum Gasteiger partial charge on any atom is 0.306 e. The zero-order chi connectivity index (χ0) is 49.5. The first-order valence-electron chi connectivity index (χ1n) is 25.3. The van der Waals surface area contributed by atoms with Crippen LogP contribution in [0.2, 0.25) is 0 Å². The van der Waals surface area contributed by atoms with E-state index in [1.807, 2.05) is 12.1 Å². The molecule has 6 N–H and O–H groups in total. The summed E-state index contributed by atoms with van der Waals surface area (Å²) in [5.41, 5.74) is 11.6. The maximum atomic E-state index is 12.5. The van der Waals surface area contributed by atoms with Gasteiger partial charge in [-0.1, -0.05) is 129 Å². The number of unbranched alkanes of at least 4 members (excludes halogenated alkanes) is 17. The molecular weight excluding hydrogens is 905 g/mol. The number of aryl methyl sites for hydroxylation is 2. The summed E-state index contributed by atoms with van der Waals surface area (Å²) in [6.45, 7) is 5.17. The molecule has 0 aromatic heterocycles. The highest BCUT2D eigenvalue weighted by Crippen LogP contribution is 2.22. The molecule has 0 aliphatic heterocycles. The van der Waals surface area contributed by atoms with E-state index in [0.717, 1.165) is 101 Å². The van der Waals surface area contributed by atoms with Crippen LogP contribution >= 0.6 is 23.5 Å². The van der Waals surface area contributed by atoms with Gasteiger partial charge in [0.15, 0.2) is 0 Å². The molecule has 0 saturated heterocycles. The lowest BCUT2D eigenvalue weighted by Crippen LogP contribution is -2.41. The summed E-state index contributed by atoms with van der Waals surface area (Å²) in [4.78, 5) is 73.5. The van der Waals surface area contributed by atoms with Gasteiger partial charge in [-0.05, 0) is 73.9 Å². The summed E-state index contributed by atoms with van der Waals surface area (Å²) >= 11 is 2.92. The Morgan fingerprint density at radius 1 is 0.441 bits per heavy atom. The van der Waals surface area contributed by atoms with Gasteiger partial charge in [-0.2, -0.15) is 23.5 Å². The number of carbonyl (C=O) groups excluding carboxylic acids is 6. The number of benzene rings is 2. The fourth-order valence-electron chi connectivity index (χ4n) is 7.21. The monoisotopic (exact) mass is 987 g/mol. The van der Waals surface area contributed by atoms with Crippen LogP contribution < -0.4 is 21.7 Å². The lowest BCUT2D eigenvalue weighted by atomic mass is 10.0. The number of phenols is 2. The average molecular weight is 987 g/mol. The molecule has 382 valence electrons. The van der Waals surface area contributed by atoms with Gasteiger partial charge in [0.1, 0.15) is 11.5 Å². The van der Waals surface area contributed by atoms with Gasteiger partial charge < -0.3 is 19.7 Å². The molecule has 2 aromatic rings. The van der Waals surface area contributed by atoms with Gasteiger partial charge in [0.25, 0.3) is 11.8 Å². The van der Waals surface area contributed by atoms with E-state index in [-0.39, 0.29) is 72.1 Å². The number of rotatable bonds is 39. The van der Waals surface area contributed by atoms with Crippen LogP contribution in [0.25, 0.3) is 0 Å². The van der Waals surface area contributed by atoms with Gasteiger partial charge in [-0.15, -0.1) is 0 Å². The SMILES string of the molecule is CCCCCCCCc1ccc(C(=O)NNC(=O)CCSCCC(=O)OCCCCCCCCCCOC(=O)CCSCCC(=O)NNC(=O)c2ccc(CCCCCCCC)cc2O)c(O)c1. The van der Waals surface area contributed by atoms with Crippen molar-refractivity contribution in [2.45, 2.75) is 181 Å². The van der Waals surface area contributed by atoms with E-state index >= 15 is 0 Å². The Bertz CT molecular complexity index is 1640. The van der Waals surface area contributed by atoms with Gasteiger partial charge in [0.05, 0.1) is 37.2 Å². The Balaban J connectivity index is 1.35. The molecule has 4 amide bonds. The number of nitrogens with one attached hydrogen (secondary N) is 4. The molecule has 16 heteroatoms. The molecule has 0 bridgehead atoms. The van der Waals surface area contributed by atoms with Gasteiger partial charge in [0, 0.05) is 35.9 Å². The molecule has 0 spiro atoms. The first kappa shape index (κ1) is 59.7. The Labute approximate surface area is 414 Å². The van der Waals surface area contributed by atoms with Crippen LogP contribution in [0, 0.1) is 0 Å². The van der Waals surface area contributed by atoms with Crippen LogP contribution in [-0.2, 0) is 41.5 Å². The summed E-state index contributed by atoms with van der Waals surface area (Å²) in [6.07, 6.45) is 24.6. The first-order valence-corrected chi connectivity index (χ1v) is 27.6. The lowest BCUT2D eigenvalue weighted by molar-refractivity contribution is -0.144. The molecule has 0 unspecified atom stereocenters. The zero-order valence-electron chi connectivity index (χ0n) is 41.1. The Hall–Kier alpha value is -4.44. The average Bonchev–Trinajstić information content (AvgIpc) is 3.32. The van der Waals surface area contributed by atoms with Crippen molar-refractivity contribution in [3.05, 3.63) is 58.7 Å². The molecule has 2 rings (SSSR count). The van der Waals surface area contributed by atoms with Gasteiger partial charge in [0.2, 0.25) is 11.8 Å². The predicted molar refractivity (Wildman–Crippen MR) is 274 cm³/mol. The highest BCUT2D eigenvalue weighted by molar-refractivity contribution is 7.99. The van der Waals surface area contributed by atoms with E-state index < -0.39 is 11.8 Å². The van der Waals surface area contributed by atoms with Crippen LogP contribution in [0.15, 0.2) is 36.4 Å². The molecular formula is C52H82N4O10S2. The van der Waals surface area contributed by atoms with Crippen molar-refractivity contribution in [1.82, 2.24) is 21.7 Å². The van der Waals surface area contributed by atoms with Crippen molar-refractivity contribution in [3.63, 3.8) is 0 Å². The summed E-state index contributed by atoms with van der Waals surface area (Å²) in [6, 6.07) is 10.0. The molecule has 68 heavy (non-hydrogen) atoms. The van der Waals surface area contributed by atoms with Crippen molar-refractivity contribution >= 4 is 59.1 Å². The molecule has 0 saturated carbocycles. The molecule has 2 aromatic carbocycles. The quantitative estimate of drug-likeness (QED) is 0.0210. The number of esters is 2. The number of hydrogen-bond donors (Lipinski definition) is 6. The molecule has 0 fully saturated rings. The summed E-state index contributed by atoms with van der Waals surface area (Å²) in [5, 5.41) is 20.7. The van der Waals surface area contributed by atoms with E-state index in [4.69, 9.17) is 9.47 Å². The molecule has 0 atom stereocenters. The number of amides is 4. The Kier molecular flexibility index (Phi) is 34.6. The number of phenolic OH excluding ortho intramolecular Hbond substituents is 2. The molecule has 0 radical (unpaired) electrons. The zero-order valence-corrected chi connectivity index (χ0v) is 42.7. The third-order valence-electron chi connectivity index (χ3n) is 11.3. The van der Waals surface area contributed by atoms with Gasteiger partial charge in [-0.25, -0.2) is 0 Å². The lowest BCUT2D eigenvalue weighted by Gasteiger charge is -2.10. The van der Waals surface area contributed by atoms with Crippen molar-refractivity contribution in [2.75, 3.05) is 36.2 Å². The van der Waals surface area contributed by atoms with Gasteiger partial charge in [-0.3, -0.25) is 50.5 Å². The predicted octanol–water partition coefficient (Wildman–Crippen LogP) is 10.4. The third-order valence-corrected chi connectivity index (χ3v) is 13.3. The van der Waals surface area contributed by atoms with Crippen LogP contribution in [0.4, 0.5) is 0 Å². The maximum absolute atomic E-state index is 12.5. The molecule has 14 nitrogen and oxygen atoms in total. The summed E-state index contributed by atoms with van der Waals surface area (Å²) in [5.74, 6) is -0.590.